The molecule has 17 heavy (non-hydrogen) atoms. The van der Waals surface area contributed by atoms with Crippen LogP contribution in [0.1, 0.15) is 24.8 Å². The van der Waals surface area contributed by atoms with Crippen molar-refractivity contribution in [1.29, 1.82) is 0 Å². The van der Waals surface area contributed by atoms with Crippen LogP contribution in [0.15, 0.2) is 77.4 Å². The SMILES string of the molecule is CC1=CC2=C(C=CC=CC2c2ccccc2)C1. The Balaban J connectivity index is 2.07. The maximum Gasteiger partial charge on any atom is 0.0275 e. The molecule has 0 bridgehead atoms. The lowest BCUT2D eigenvalue weighted by Crippen LogP contribution is -1.97. The number of hydrogen-bond donors (Lipinski definition) is 0. The maximum absolute atomic E-state index is 2.35. The topological polar surface area (TPSA) is 0 Å². The molecule has 0 N–H and O–H groups in total. The van der Waals surface area contributed by atoms with E-state index < -0.39 is 0 Å². The molecule has 1 aromatic rings. The summed E-state index contributed by atoms with van der Waals surface area (Å²) < 4.78 is 0. The Hall–Kier alpha value is -1.82. The van der Waals surface area contributed by atoms with Crippen LogP contribution in [0.4, 0.5) is 0 Å². The van der Waals surface area contributed by atoms with Gasteiger partial charge in [0.05, 0.1) is 0 Å². The number of allylic oxidation sites excluding steroid dienone is 8. The predicted molar refractivity (Wildman–Crippen MR) is 72.9 cm³/mol. The van der Waals surface area contributed by atoms with Gasteiger partial charge < -0.3 is 0 Å². The highest BCUT2D eigenvalue weighted by Crippen LogP contribution is 2.38. The zero-order valence-electron chi connectivity index (χ0n) is 10.1. The molecule has 0 heterocycles. The van der Waals surface area contributed by atoms with Gasteiger partial charge in [-0.2, -0.15) is 0 Å². The van der Waals surface area contributed by atoms with Crippen LogP contribution in [0.2, 0.25) is 0 Å². The normalized spacial score (nSPS) is 22.4. The minimum atomic E-state index is 0.415. The average Bonchev–Trinajstić information content (AvgIpc) is 2.61. The summed E-state index contributed by atoms with van der Waals surface area (Å²) in [6, 6.07) is 10.7. The molecule has 0 fully saturated rings. The summed E-state index contributed by atoms with van der Waals surface area (Å²) in [5.41, 5.74) is 5.79. The smallest absolute Gasteiger partial charge is 0.0275 e. The van der Waals surface area contributed by atoms with Crippen molar-refractivity contribution in [1.82, 2.24) is 0 Å². The Bertz CT molecular complexity index is 539. The van der Waals surface area contributed by atoms with E-state index >= 15 is 0 Å². The van der Waals surface area contributed by atoms with E-state index in [1.807, 2.05) is 0 Å². The fourth-order valence-electron chi connectivity index (χ4n) is 2.66. The fourth-order valence-corrected chi connectivity index (χ4v) is 2.66. The van der Waals surface area contributed by atoms with Gasteiger partial charge in [0.1, 0.15) is 0 Å². The van der Waals surface area contributed by atoms with Crippen LogP contribution in [0.5, 0.6) is 0 Å². The van der Waals surface area contributed by atoms with Crippen LogP contribution in [0.25, 0.3) is 0 Å². The monoisotopic (exact) mass is 220 g/mol. The minimum absolute atomic E-state index is 0.415. The molecule has 1 atom stereocenters. The third-order valence-electron chi connectivity index (χ3n) is 3.45. The van der Waals surface area contributed by atoms with Crippen molar-refractivity contribution in [2.24, 2.45) is 0 Å². The Kier molecular flexibility index (Phi) is 2.56. The summed E-state index contributed by atoms with van der Waals surface area (Å²) in [5.74, 6) is 0.415. The molecule has 0 aliphatic heterocycles. The van der Waals surface area contributed by atoms with Crippen molar-refractivity contribution < 1.29 is 0 Å². The first-order valence-corrected chi connectivity index (χ1v) is 6.14. The van der Waals surface area contributed by atoms with Gasteiger partial charge in [0.25, 0.3) is 0 Å². The number of rotatable bonds is 1. The average molecular weight is 220 g/mol. The second kappa shape index (κ2) is 4.21. The zero-order valence-corrected chi connectivity index (χ0v) is 10.1. The highest BCUT2D eigenvalue weighted by atomic mass is 14.2. The molecule has 0 spiro atoms. The van der Waals surface area contributed by atoms with E-state index in [9.17, 15) is 0 Å². The lowest BCUT2D eigenvalue weighted by atomic mass is 9.90. The lowest BCUT2D eigenvalue weighted by Gasteiger charge is -2.14. The van der Waals surface area contributed by atoms with Gasteiger partial charge in [-0.05, 0) is 30.1 Å². The Morgan fingerprint density at radius 2 is 1.88 bits per heavy atom. The van der Waals surface area contributed by atoms with Crippen molar-refractivity contribution in [2.45, 2.75) is 19.3 Å². The van der Waals surface area contributed by atoms with E-state index in [4.69, 9.17) is 0 Å². The van der Waals surface area contributed by atoms with Gasteiger partial charge in [-0.25, -0.2) is 0 Å². The second-order valence-electron chi connectivity index (χ2n) is 4.78. The van der Waals surface area contributed by atoms with E-state index in [0.717, 1.165) is 6.42 Å². The lowest BCUT2D eigenvalue weighted by molar-refractivity contribution is 1.02. The minimum Gasteiger partial charge on any atom is -0.0726 e. The molecule has 0 amide bonds. The number of hydrogen-bond acceptors (Lipinski definition) is 0. The molecule has 0 aromatic heterocycles. The Labute approximate surface area is 103 Å². The summed E-state index contributed by atoms with van der Waals surface area (Å²) >= 11 is 0. The zero-order chi connectivity index (χ0) is 11.7. The maximum atomic E-state index is 2.35. The van der Waals surface area contributed by atoms with Crippen LogP contribution in [0, 0.1) is 0 Å². The van der Waals surface area contributed by atoms with Gasteiger partial charge in [-0.3, -0.25) is 0 Å². The molecule has 0 radical (unpaired) electrons. The second-order valence-corrected chi connectivity index (χ2v) is 4.78. The van der Waals surface area contributed by atoms with Crippen molar-refractivity contribution in [3.8, 4) is 0 Å². The van der Waals surface area contributed by atoms with Crippen LogP contribution in [0.3, 0.4) is 0 Å². The standard InChI is InChI=1S/C17H16/c1-13-11-15-9-5-6-10-16(17(15)12-13)14-7-3-2-4-8-14/h2-10,12,16H,11H2,1H3. The summed E-state index contributed by atoms with van der Waals surface area (Å²) in [6.07, 6.45) is 12.3. The molecule has 84 valence electrons. The Morgan fingerprint density at radius 1 is 1.06 bits per heavy atom. The van der Waals surface area contributed by atoms with E-state index in [-0.39, 0.29) is 0 Å². The van der Waals surface area contributed by atoms with Crippen molar-refractivity contribution in [3.63, 3.8) is 0 Å². The van der Waals surface area contributed by atoms with Gasteiger partial charge in [0.15, 0.2) is 0 Å². The summed E-state index contributed by atoms with van der Waals surface area (Å²) in [5, 5.41) is 0. The molecule has 3 rings (SSSR count). The summed E-state index contributed by atoms with van der Waals surface area (Å²) in [6.45, 7) is 2.22. The summed E-state index contributed by atoms with van der Waals surface area (Å²) in [4.78, 5) is 0. The first kappa shape index (κ1) is 10.3. The third kappa shape index (κ3) is 1.91. The molecular formula is C17H16. The van der Waals surface area contributed by atoms with Crippen molar-refractivity contribution in [2.75, 3.05) is 0 Å². The molecule has 1 aromatic carbocycles. The van der Waals surface area contributed by atoms with Crippen LogP contribution < -0.4 is 0 Å². The predicted octanol–water partition coefficient (Wildman–Crippen LogP) is 4.54. The van der Waals surface area contributed by atoms with Gasteiger partial charge in [0.2, 0.25) is 0 Å². The highest BCUT2D eigenvalue weighted by Gasteiger charge is 2.20. The van der Waals surface area contributed by atoms with Gasteiger partial charge in [-0.1, -0.05) is 66.3 Å². The van der Waals surface area contributed by atoms with E-state index in [2.05, 4.69) is 67.6 Å². The van der Waals surface area contributed by atoms with E-state index in [0.29, 0.717) is 5.92 Å². The molecule has 2 aliphatic carbocycles. The quantitative estimate of drug-likeness (QED) is 0.651. The van der Waals surface area contributed by atoms with E-state index in [1.54, 1.807) is 0 Å². The summed E-state index contributed by atoms with van der Waals surface area (Å²) in [7, 11) is 0. The largest absolute Gasteiger partial charge is 0.0726 e. The highest BCUT2D eigenvalue weighted by molar-refractivity contribution is 5.53. The molecule has 2 aliphatic rings. The molecule has 0 nitrogen and oxygen atoms in total. The van der Waals surface area contributed by atoms with Gasteiger partial charge in [0, 0.05) is 5.92 Å². The molecule has 1 unspecified atom stereocenters. The van der Waals surface area contributed by atoms with Crippen LogP contribution in [-0.4, -0.2) is 0 Å². The van der Waals surface area contributed by atoms with Crippen LogP contribution in [-0.2, 0) is 0 Å². The van der Waals surface area contributed by atoms with Crippen LogP contribution >= 0.6 is 0 Å². The third-order valence-corrected chi connectivity index (χ3v) is 3.45. The molecular weight excluding hydrogens is 204 g/mol. The van der Waals surface area contributed by atoms with E-state index in [1.165, 1.54) is 22.3 Å². The molecule has 0 saturated heterocycles. The van der Waals surface area contributed by atoms with Gasteiger partial charge in [-0.15, -0.1) is 0 Å². The van der Waals surface area contributed by atoms with Crippen molar-refractivity contribution >= 4 is 0 Å². The first-order valence-electron chi connectivity index (χ1n) is 6.14. The van der Waals surface area contributed by atoms with Crippen molar-refractivity contribution in [3.05, 3.63) is 83.0 Å². The molecule has 0 saturated carbocycles. The fraction of sp³-hybridized carbons (Fsp3) is 0.176. The molecule has 0 heteroatoms. The first-order chi connectivity index (χ1) is 8.34. The van der Waals surface area contributed by atoms with Gasteiger partial charge >= 0.3 is 0 Å². The number of benzene rings is 1. The Morgan fingerprint density at radius 3 is 2.71 bits per heavy atom.